The first-order chi connectivity index (χ1) is 14.6. The molecule has 0 aliphatic carbocycles. The number of amides is 2. The highest BCUT2D eigenvalue weighted by Crippen LogP contribution is 2.21. The molecule has 2 amide bonds. The van der Waals surface area contributed by atoms with Gasteiger partial charge in [0.15, 0.2) is 5.69 Å². The summed E-state index contributed by atoms with van der Waals surface area (Å²) in [7, 11) is 0. The quantitative estimate of drug-likeness (QED) is 0.680. The highest BCUT2D eigenvalue weighted by molar-refractivity contribution is 5.93. The molecule has 8 nitrogen and oxygen atoms in total. The molecular formula is C22H24N6O2. The van der Waals surface area contributed by atoms with E-state index in [0.717, 1.165) is 24.1 Å². The summed E-state index contributed by atoms with van der Waals surface area (Å²) in [4.78, 5) is 31.4. The van der Waals surface area contributed by atoms with Crippen LogP contribution in [0.4, 0.5) is 0 Å². The topological polar surface area (TPSA) is 93.0 Å². The molecule has 3 heterocycles. The molecule has 0 radical (unpaired) electrons. The number of aryl methyl sites for hydroxylation is 1. The zero-order valence-electron chi connectivity index (χ0n) is 16.9. The van der Waals surface area contributed by atoms with Crippen molar-refractivity contribution < 1.29 is 9.59 Å². The maximum atomic E-state index is 12.9. The summed E-state index contributed by atoms with van der Waals surface area (Å²) in [6.07, 6.45) is 3.44. The minimum Gasteiger partial charge on any atom is -0.347 e. The van der Waals surface area contributed by atoms with Gasteiger partial charge in [-0.2, -0.15) is 0 Å². The number of likely N-dealkylation sites (tertiary alicyclic amines) is 1. The second kappa shape index (κ2) is 8.86. The Balaban J connectivity index is 1.37. The second-order valence-electron chi connectivity index (χ2n) is 7.45. The Kier molecular flexibility index (Phi) is 5.83. The van der Waals surface area contributed by atoms with Crippen LogP contribution in [0, 0.1) is 6.92 Å². The van der Waals surface area contributed by atoms with Crippen molar-refractivity contribution in [2.75, 3.05) is 6.54 Å². The van der Waals surface area contributed by atoms with Crippen molar-refractivity contribution in [3.05, 3.63) is 77.4 Å². The lowest BCUT2D eigenvalue weighted by molar-refractivity contribution is 0.0714. The third kappa shape index (κ3) is 4.53. The molecule has 1 unspecified atom stereocenters. The molecule has 1 saturated heterocycles. The van der Waals surface area contributed by atoms with Crippen LogP contribution in [-0.4, -0.2) is 49.3 Å². The standard InChI is InChI=1S/C22H24N6O2/c1-16-7-5-11-19(24-16)22(30)28-12-6-10-18(28)14-27-15-20(25-26-27)21(29)23-13-17-8-3-2-4-9-17/h2-5,7-9,11,15,18H,6,10,12-14H2,1H3,(H,23,29). The average molecular weight is 404 g/mol. The molecule has 30 heavy (non-hydrogen) atoms. The molecule has 1 aliphatic rings. The van der Waals surface area contributed by atoms with Crippen molar-refractivity contribution in [1.82, 2.24) is 30.2 Å². The number of carbonyl (C=O) groups excluding carboxylic acids is 2. The fourth-order valence-electron chi connectivity index (χ4n) is 3.68. The summed E-state index contributed by atoms with van der Waals surface area (Å²) in [5.41, 5.74) is 2.56. The summed E-state index contributed by atoms with van der Waals surface area (Å²) in [5, 5.41) is 10.9. The van der Waals surface area contributed by atoms with Gasteiger partial charge in [-0.15, -0.1) is 5.10 Å². The number of hydrogen-bond acceptors (Lipinski definition) is 5. The zero-order valence-corrected chi connectivity index (χ0v) is 16.9. The lowest BCUT2D eigenvalue weighted by Gasteiger charge is -2.24. The highest BCUT2D eigenvalue weighted by Gasteiger charge is 2.30. The summed E-state index contributed by atoms with van der Waals surface area (Å²) in [6, 6.07) is 15.2. The van der Waals surface area contributed by atoms with Gasteiger partial charge in [0.1, 0.15) is 5.69 Å². The van der Waals surface area contributed by atoms with E-state index in [1.54, 1.807) is 16.9 Å². The van der Waals surface area contributed by atoms with Gasteiger partial charge in [-0.3, -0.25) is 9.59 Å². The van der Waals surface area contributed by atoms with Crippen LogP contribution < -0.4 is 5.32 Å². The van der Waals surface area contributed by atoms with Crippen LogP contribution in [-0.2, 0) is 13.1 Å². The SMILES string of the molecule is Cc1cccc(C(=O)N2CCCC2Cn2cc(C(=O)NCc3ccccc3)nn2)n1. The van der Waals surface area contributed by atoms with E-state index in [9.17, 15) is 9.59 Å². The van der Waals surface area contributed by atoms with Crippen molar-refractivity contribution in [2.24, 2.45) is 0 Å². The summed E-state index contributed by atoms with van der Waals surface area (Å²) in [6.45, 7) is 3.49. The Hall–Kier alpha value is -3.55. The first-order valence-electron chi connectivity index (χ1n) is 10.1. The maximum Gasteiger partial charge on any atom is 0.273 e. The molecule has 0 saturated carbocycles. The van der Waals surface area contributed by atoms with Gasteiger partial charge in [0, 0.05) is 18.8 Å². The van der Waals surface area contributed by atoms with Crippen LogP contribution >= 0.6 is 0 Å². The Bertz CT molecular complexity index is 1030. The molecule has 154 valence electrons. The predicted molar refractivity (Wildman–Crippen MR) is 111 cm³/mol. The van der Waals surface area contributed by atoms with Crippen molar-refractivity contribution in [3.8, 4) is 0 Å². The van der Waals surface area contributed by atoms with E-state index < -0.39 is 0 Å². The molecule has 0 spiro atoms. The number of nitrogens with zero attached hydrogens (tertiary/aromatic N) is 5. The number of rotatable bonds is 6. The Labute approximate surface area is 174 Å². The largest absolute Gasteiger partial charge is 0.347 e. The normalized spacial score (nSPS) is 15.9. The molecule has 1 atom stereocenters. The molecule has 1 aliphatic heterocycles. The molecule has 4 rings (SSSR count). The van der Waals surface area contributed by atoms with Gasteiger partial charge in [0.05, 0.1) is 18.8 Å². The molecule has 3 aromatic rings. The van der Waals surface area contributed by atoms with Crippen LogP contribution in [0.15, 0.2) is 54.7 Å². The molecule has 2 aromatic heterocycles. The van der Waals surface area contributed by atoms with Crippen molar-refractivity contribution in [3.63, 3.8) is 0 Å². The van der Waals surface area contributed by atoms with E-state index >= 15 is 0 Å². The smallest absolute Gasteiger partial charge is 0.273 e. The first kappa shape index (κ1) is 19.8. The Morgan fingerprint density at radius 3 is 2.73 bits per heavy atom. The molecule has 0 bridgehead atoms. The van der Waals surface area contributed by atoms with E-state index in [1.807, 2.05) is 54.3 Å². The number of pyridine rings is 1. The van der Waals surface area contributed by atoms with E-state index in [0.29, 0.717) is 25.3 Å². The van der Waals surface area contributed by atoms with Crippen LogP contribution in [0.1, 0.15) is 45.1 Å². The van der Waals surface area contributed by atoms with Crippen molar-refractivity contribution >= 4 is 11.8 Å². The third-order valence-electron chi connectivity index (χ3n) is 5.21. The lowest BCUT2D eigenvalue weighted by Crippen LogP contribution is -2.38. The second-order valence-corrected chi connectivity index (χ2v) is 7.45. The number of benzene rings is 1. The van der Waals surface area contributed by atoms with Crippen molar-refractivity contribution in [2.45, 2.75) is 38.9 Å². The minimum atomic E-state index is -0.270. The minimum absolute atomic E-state index is 0.00161. The van der Waals surface area contributed by atoms with Gasteiger partial charge in [0.25, 0.3) is 11.8 Å². The van der Waals surface area contributed by atoms with Gasteiger partial charge >= 0.3 is 0 Å². The fraction of sp³-hybridized carbons (Fsp3) is 0.318. The van der Waals surface area contributed by atoms with E-state index in [1.165, 1.54) is 0 Å². The predicted octanol–water partition coefficient (Wildman–Crippen LogP) is 2.22. The van der Waals surface area contributed by atoms with Crippen molar-refractivity contribution in [1.29, 1.82) is 0 Å². The summed E-state index contributed by atoms with van der Waals surface area (Å²) < 4.78 is 1.64. The lowest BCUT2D eigenvalue weighted by atomic mass is 10.2. The molecular weight excluding hydrogens is 380 g/mol. The van der Waals surface area contributed by atoms with Gasteiger partial charge in [-0.25, -0.2) is 9.67 Å². The summed E-state index contributed by atoms with van der Waals surface area (Å²) in [5.74, 6) is -0.337. The number of hydrogen-bond donors (Lipinski definition) is 1. The van der Waals surface area contributed by atoms with Crippen LogP contribution in [0.5, 0.6) is 0 Å². The Morgan fingerprint density at radius 1 is 1.10 bits per heavy atom. The first-order valence-corrected chi connectivity index (χ1v) is 10.1. The van der Waals surface area contributed by atoms with Crippen LogP contribution in [0.25, 0.3) is 0 Å². The molecule has 1 fully saturated rings. The van der Waals surface area contributed by atoms with Gasteiger partial charge in [-0.1, -0.05) is 41.6 Å². The van der Waals surface area contributed by atoms with Gasteiger partial charge in [-0.05, 0) is 37.5 Å². The van der Waals surface area contributed by atoms with E-state index in [4.69, 9.17) is 0 Å². The maximum absolute atomic E-state index is 12.9. The number of carbonyl (C=O) groups is 2. The van der Waals surface area contributed by atoms with Crippen LogP contribution in [0.2, 0.25) is 0 Å². The Morgan fingerprint density at radius 2 is 1.93 bits per heavy atom. The monoisotopic (exact) mass is 404 g/mol. The summed E-state index contributed by atoms with van der Waals surface area (Å²) >= 11 is 0. The fourth-order valence-corrected chi connectivity index (χ4v) is 3.68. The molecule has 1 aromatic carbocycles. The zero-order chi connectivity index (χ0) is 20.9. The average Bonchev–Trinajstić information content (AvgIpc) is 3.42. The third-order valence-corrected chi connectivity index (χ3v) is 5.21. The number of aromatic nitrogens is 4. The van der Waals surface area contributed by atoms with Gasteiger partial charge in [0.2, 0.25) is 0 Å². The number of nitrogens with one attached hydrogen (secondary N) is 1. The van der Waals surface area contributed by atoms with E-state index in [2.05, 4.69) is 20.6 Å². The molecule has 1 N–H and O–H groups in total. The molecule has 8 heteroatoms. The highest BCUT2D eigenvalue weighted by atomic mass is 16.2. The van der Waals surface area contributed by atoms with Gasteiger partial charge < -0.3 is 10.2 Å². The van der Waals surface area contributed by atoms with Crippen LogP contribution in [0.3, 0.4) is 0 Å². The van der Waals surface area contributed by atoms with E-state index in [-0.39, 0.29) is 23.6 Å².